The molecule has 8 nitrogen and oxygen atoms in total. The Bertz CT molecular complexity index is 1130. The van der Waals surface area contributed by atoms with Gasteiger partial charge in [-0.15, -0.1) is 0 Å². The lowest BCUT2D eigenvalue weighted by Crippen LogP contribution is -2.41. The lowest BCUT2D eigenvalue weighted by atomic mass is 9.92. The minimum absolute atomic E-state index is 0.0866. The molecule has 1 aliphatic heterocycles. The summed E-state index contributed by atoms with van der Waals surface area (Å²) in [5, 5.41) is 6.87. The van der Waals surface area contributed by atoms with Crippen LogP contribution in [0.2, 0.25) is 0 Å². The molecule has 1 N–H and O–H groups in total. The molecule has 1 fully saturated rings. The summed E-state index contributed by atoms with van der Waals surface area (Å²) in [6.45, 7) is -0.0866. The number of ether oxygens (including phenoxy) is 1. The van der Waals surface area contributed by atoms with Crippen molar-refractivity contribution in [3.05, 3.63) is 65.5 Å². The summed E-state index contributed by atoms with van der Waals surface area (Å²) in [6.07, 6.45) is 1.29. The Hall–Kier alpha value is -3.68. The van der Waals surface area contributed by atoms with Gasteiger partial charge in [-0.25, -0.2) is 4.79 Å². The number of para-hydroxylation sites is 1. The molecule has 8 heteroatoms. The van der Waals surface area contributed by atoms with Crippen LogP contribution in [-0.4, -0.2) is 34.1 Å². The molecule has 0 bridgehead atoms. The van der Waals surface area contributed by atoms with Gasteiger partial charge in [-0.05, 0) is 36.1 Å². The summed E-state index contributed by atoms with van der Waals surface area (Å²) in [4.78, 5) is 31.3. The van der Waals surface area contributed by atoms with Crippen LogP contribution in [0.15, 0.2) is 53.1 Å². The maximum atomic E-state index is 13.2. The van der Waals surface area contributed by atoms with Gasteiger partial charge in [0.05, 0.1) is 12.7 Å². The Morgan fingerprint density at radius 3 is 2.83 bits per heavy atom. The summed E-state index contributed by atoms with van der Waals surface area (Å²) in [5.74, 6) is 0.837. The fraction of sp³-hybridized carbons (Fsp3) is 0.238. The second kappa shape index (κ2) is 6.44. The zero-order chi connectivity index (χ0) is 20.0. The third-order valence-electron chi connectivity index (χ3n) is 5.53. The van der Waals surface area contributed by atoms with Crippen LogP contribution in [0.25, 0.3) is 11.4 Å². The van der Waals surface area contributed by atoms with Gasteiger partial charge in [0.1, 0.15) is 17.8 Å². The van der Waals surface area contributed by atoms with Gasteiger partial charge < -0.3 is 14.6 Å². The first kappa shape index (κ1) is 17.4. The number of hydrogen-bond acceptors (Lipinski definition) is 6. The number of fused-ring (bicyclic) bond motifs is 2. The summed E-state index contributed by atoms with van der Waals surface area (Å²) >= 11 is 0. The number of carbonyl (C=O) groups excluding carboxylic acids is 2. The quantitative estimate of drug-likeness (QED) is 0.688. The normalized spacial score (nSPS) is 20.2. The van der Waals surface area contributed by atoms with Gasteiger partial charge in [0, 0.05) is 0 Å². The number of amides is 3. The van der Waals surface area contributed by atoms with E-state index in [1.54, 1.807) is 13.2 Å². The first-order chi connectivity index (χ1) is 14.1. The van der Waals surface area contributed by atoms with Crippen LogP contribution in [0.3, 0.4) is 0 Å². The molecule has 29 heavy (non-hydrogen) atoms. The number of aryl methyl sites for hydroxylation is 1. The first-order valence-corrected chi connectivity index (χ1v) is 9.31. The Kier molecular flexibility index (Phi) is 3.87. The number of benzene rings is 2. The van der Waals surface area contributed by atoms with Crippen LogP contribution in [0.1, 0.15) is 23.4 Å². The minimum atomic E-state index is -1.00. The molecule has 3 aromatic rings. The molecular formula is C21H18N4O4. The van der Waals surface area contributed by atoms with Crippen molar-refractivity contribution in [1.82, 2.24) is 20.4 Å². The third-order valence-corrected chi connectivity index (χ3v) is 5.53. The van der Waals surface area contributed by atoms with Gasteiger partial charge in [0.25, 0.3) is 5.91 Å². The predicted octanol–water partition coefficient (Wildman–Crippen LogP) is 2.64. The number of carbonyl (C=O) groups is 2. The highest BCUT2D eigenvalue weighted by molar-refractivity contribution is 6.08. The van der Waals surface area contributed by atoms with Crippen molar-refractivity contribution in [2.24, 2.45) is 0 Å². The van der Waals surface area contributed by atoms with E-state index in [1.807, 2.05) is 42.5 Å². The highest BCUT2D eigenvalue weighted by atomic mass is 16.5. The predicted molar refractivity (Wildman–Crippen MR) is 102 cm³/mol. The molecule has 1 atom stereocenters. The molecule has 2 heterocycles. The van der Waals surface area contributed by atoms with E-state index in [-0.39, 0.29) is 18.3 Å². The van der Waals surface area contributed by atoms with E-state index >= 15 is 0 Å². The molecule has 1 unspecified atom stereocenters. The van der Waals surface area contributed by atoms with E-state index in [2.05, 4.69) is 15.5 Å². The van der Waals surface area contributed by atoms with Crippen LogP contribution in [0.4, 0.5) is 4.79 Å². The monoisotopic (exact) mass is 390 g/mol. The van der Waals surface area contributed by atoms with Crippen LogP contribution in [0.5, 0.6) is 5.75 Å². The van der Waals surface area contributed by atoms with Crippen molar-refractivity contribution in [3.63, 3.8) is 0 Å². The van der Waals surface area contributed by atoms with E-state index < -0.39 is 11.6 Å². The van der Waals surface area contributed by atoms with E-state index in [0.717, 1.165) is 22.4 Å². The number of urea groups is 1. The van der Waals surface area contributed by atoms with Crippen molar-refractivity contribution >= 4 is 11.9 Å². The fourth-order valence-corrected chi connectivity index (χ4v) is 4.13. The lowest BCUT2D eigenvalue weighted by Gasteiger charge is -2.21. The number of methoxy groups -OCH3 is 1. The number of hydrogen-bond donors (Lipinski definition) is 1. The highest BCUT2D eigenvalue weighted by Crippen LogP contribution is 2.41. The van der Waals surface area contributed by atoms with Crippen molar-refractivity contribution < 1.29 is 18.8 Å². The number of nitrogens with one attached hydrogen (secondary N) is 1. The lowest BCUT2D eigenvalue weighted by molar-refractivity contribution is -0.132. The summed E-state index contributed by atoms with van der Waals surface area (Å²) in [6, 6.07) is 14.5. The molecule has 2 aromatic carbocycles. The van der Waals surface area contributed by atoms with Gasteiger partial charge >= 0.3 is 6.03 Å². The zero-order valence-electron chi connectivity index (χ0n) is 15.7. The number of nitrogens with zero attached hydrogens (tertiary/aromatic N) is 3. The number of rotatable bonds is 4. The molecule has 1 aromatic heterocycles. The minimum Gasteiger partial charge on any atom is -0.496 e. The van der Waals surface area contributed by atoms with Gasteiger partial charge in [-0.3, -0.25) is 9.69 Å². The molecular weight excluding hydrogens is 372 g/mol. The van der Waals surface area contributed by atoms with Crippen molar-refractivity contribution in [3.8, 4) is 17.1 Å². The zero-order valence-corrected chi connectivity index (χ0v) is 15.7. The van der Waals surface area contributed by atoms with Crippen LogP contribution in [-0.2, 0) is 23.3 Å². The Balaban J connectivity index is 1.42. The highest BCUT2D eigenvalue weighted by Gasteiger charge is 2.55. The molecule has 0 radical (unpaired) electrons. The largest absolute Gasteiger partial charge is 0.496 e. The SMILES string of the molecule is COc1ccccc1-c1noc(CN2C(=O)NC3(CCc4ccccc43)C2=O)n1. The standard InChI is InChI=1S/C21H18N4O4/c1-28-16-9-5-3-7-14(16)18-22-17(29-24-18)12-25-19(26)21(23-20(25)27)11-10-13-6-2-4-8-15(13)21/h2-9H,10-12H2,1H3,(H,23,27). The van der Waals surface area contributed by atoms with Crippen LogP contribution >= 0.6 is 0 Å². The van der Waals surface area contributed by atoms with Gasteiger partial charge in [-0.2, -0.15) is 4.98 Å². The summed E-state index contributed by atoms with van der Waals surface area (Å²) in [7, 11) is 1.56. The van der Waals surface area contributed by atoms with Crippen molar-refractivity contribution in [2.45, 2.75) is 24.9 Å². The molecule has 2 aliphatic rings. The molecule has 0 saturated carbocycles. The Labute approximate surface area is 166 Å². The maximum Gasteiger partial charge on any atom is 0.325 e. The third kappa shape index (κ3) is 2.60. The average molecular weight is 390 g/mol. The molecule has 1 spiro atoms. The molecule has 3 amide bonds. The van der Waals surface area contributed by atoms with E-state index in [4.69, 9.17) is 9.26 Å². The van der Waals surface area contributed by atoms with E-state index in [0.29, 0.717) is 23.6 Å². The average Bonchev–Trinajstić information content (AvgIpc) is 3.43. The fourth-order valence-electron chi connectivity index (χ4n) is 4.13. The van der Waals surface area contributed by atoms with Crippen LogP contribution < -0.4 is 10.1 Å². The molecule has 1 saturated heterocycles. The summed E-state index contributed by atoms with van der Waals surface area (Å²) in [5.41, 5.74) is 1.61. The van der Waals surface area contributed by atoms with Crippen molar-refractivity contribution in [1.29, 1.82) is 0 Å². The van der Waals surface area contributed by atoms with Gasteiger partial charge in [-0.1, -0.05) is 41.6 Å². The Morgan fingerprint density at radius 2 is 1.97 bits per heavy atom. The second-order valence-corrected chi connectivity index (χ2v) is 7.10. The van der Waals surface area contributed by atoms with E-state index in [9.17, 15) is 9.59 Å². The first-order valence-electron chi connectivity index (χ1n) is 9.31. The van der Waals surface area contributed by atoms with E-state index in [1.165, 1.54) is 0 Å². The second-order valence-electron chi connectivity index (χ2n) is 7.10. The summed E-state index contributed by atoms with van der Waals surface area (Å²) < 4.78 is 10.6. The number of imide groups is 1. The topological polar surface area (TPSA) is 97.6 Å². The molecule has 146 valence electrons. The van der Waals surface area contributed by atoms with Crippen LogP contribution in [0, 0.1) is 0 Å². The van der Waals surface area contributed by atoms with Gasteiger partial charge in [0.2, 0.25) is 11.7 Å². The van der Waals surface area contributed by atoms with Gasteiger partial charge in [0.15, 0.2) is 0 Å². The Morgan fingerprint density at radius 1 is 1.17 bits per heavy atom. The molecule has 1 aliphatic carbocycles. The van der Waals surface area contributed by atoms with Crippen molar-refractivity contribution in [2.75, 3.05) is 7.11 Å². The smallest absolute Gasteiger partial charge is 0.325 e. The number of aromatic nitrogens is 2. The molecule has 5 rings (SSSR count). The maximum absolute atomic E-state index is 13.2.